The minimum absolute atomic E-state index is 0.258. The molecule has 0 aliphatic carbocycles. The lowest BCUT2D eigenvalue weighted by molar-refractivity contribution is 0.626. The molecule has 266 valence electrons. The zero-order valence-electron chi connectivity index (χ0n) is 31.8. The highest BCUT2D eigenvalue weighted by molar-refractivity contribution is 6.16. The molecule has 1 aromatic heterocycles. The normalized spacial score (nSPS) is 12.0. The van der Waals surface area contributed by atoms with Crippen molar-refractivity contribution in [1.82, 2.24) is 0 Å². The lowest BCUT2D eigenvalue weighted by Gasteiger charge is -2.30. The van der Waals surface area contributed by atoms with Gasteiger partial charge in [0.25, 0.3) is 0 Å². The Hall–Kier alpha value is -6.64. The Morgan fingerprint density at radius 1 is 0.545 bits per heavy atom. The Labute approximate surface area is 323 Å². The number of aryl methyl sites for hydroxylation is 1. The largest absolute Gasteiger partial charge is 0.456 e. The van der Waals surface area contributed by atoms with Gasteiger partial charge < -0.3 is 9.32 Å². The van der Waals surface area contributed by atoms with Crippen LogP contribution >= 0.6 is 0 Å². The maximum atomic E-state index is 6.42. The fourth-order valence-corrected chi connectivity index (χ4v) is 8.60. The molecule has 0 bridgehead atoms. The third kappa shape index (κ3) is 5.73. The number of hydrogen-bond donors (Lipinski definition) is 0. The summed E-state index contributed by atoms with van der Waals surface area (Å²) in [6, 6.07) is 57.0. The Morgan fingerprint density at radius 2 is 1.13 bits per heavy atom. The summed E-state index contributed by atoms with van der Waals surface area (Å²) in [5.41, 5.74) is 13.4. The van der Waals surface area contributed by atoms with Crippen molar-refractivity contribution >= 4 is 72.7 Å². The van der Waals surface area contributed by atoms with Gasteiger partial charge in [-0.05, 0) is 117 Å². The van der Waals surface area contributed by atoms with Crippen molar-refractivity contribution < 1.29 is 4.42 Å². The van der Waals surface area contributed by atoms with Crippen LogP contribution < -0.4 is 4.90 Å². The Bertz CT molecular complexity index is 2910. The summed E-state index contributed by atoms with van der Waals surface area (Å²) in [5, 5.41) is 7.17. The van der Waals surface area contributed by atoms with Crippen molar-refractivity contribution in [1.29, 1.82) is 0 Å². The first-order valence-electron chi connectivity index (χ1n) is 19.1. The topological polar surface area (TPSA) is 16.4 Å². The molecule has 0 radical (unpaired) electrons. The van der Waals surface area contributed by atoms with E-state index >= 15 is 0 Å². The Morgan fingerprint density at radius 3 is 1.84 bits per heavy atom. The summed E-state index contributed by atoms with van der Waals surface area (Å²) in [5.74, 6) is 0. The van der Waals surface area contributed by atoms with Crippen molar-refractivity contribution in [3.63, 3.8) is 0 Å². The summed E-state index contributed by atoms with van der Waals surface area (Å²) in [7, 11) is 0. The van der Waals surface area contributed by atoms with Gasteiger partial charge in [-0.3, -0.25) is 0 Å². The lowest BCUT2D eigenvalue weighted by atomic mass is 9.76. The van der Waals surface area contributed by atoms with Crippen LogP contribution in [0.25, 0.3) is 66.8 Å². The van der Waals surface area contributed by atoms with Crippen LogP contribution in [0.5, 0.6) is 0 Å². The maximum absolute atomic E-state index is 6.42. The smallest absolute Gasteiger partial charge is 0.138 e. The predicted octanol–water partition coefficient (Wildman–Crippen LogP) is 15.3. The highest BCUT2D eigenvalue weighted by Crippen LogP contribution is 2.43. The number of rotatable bonds is 8. The fraction of sp³-hybridized carbons (Fsp3) is 0.0943. The minimum atomic E-state index is -0.258. The molecule has 2 heteroatoms. The predicted molar refractivity (Wildman–Crippen MR) is 237 cm³/mol. The number of furan rings is 1. The van der Waals surface area contributed by atoms with Crippen LogP contribution in [0.15, 0.2) is 175 Å². The van der Waals surface area contributed by atoms with Crippen LogP contribution in [0.3, 0.4) is 0 Å². The first-order valence-corrected chi connectivity index (χ1v) is 19.1. The van der Waals surface area contributed by atoms with E-state index in [4.69, 9.17) is 4.42 Å². The molecule has 0 aliphatic heterocycles. The van der Waals surface area contributed by atoms with Gasteiger partial charge in [-0.2, -0.15) is 0 Å². The number of benzene rings is 8. The third-order valence-electron chi connectivity index (χ3n) is 11.4. The molecule has 9 aromatic rings. The van der Waals surface area contributed by atoms with Crippen molar-refractivity contribution in [2.24, 2.45) is 0 Å². The summed E-state index contributed by atoms with van der Waals surface area (Å²) in [6.07, 6.45) is 6.31. The van der Waals surface area contributed by atoms with E-state index in [1.807, 2.05) is 12.1 Å². The number of fused-ring (bicyclic) bond motifs is 6. The number of anilines is 3. The lowest BCUT2D eigenvalue weighted by Crippen LogP contribution is -2.20. The second-order valence-electron chi connectivity index (χ2n) is 14.9. The molecule has 0 unspecified atom stereocenters. The van der Waals surface area contributed by atoms with E-state index in [1.165, 1.54) is 60.3 Å². The Kier molecular flexibility index (Phi) is 8.47. The number of para-hydroxylation sites is 1. The molecule has 8 aromatic carbocycles. The molecule has 0 aliphatic rings. The third-order valence-corrected chi connectivity index (χ3v) is 11.4. The van der Waals surface area contributed by atoms with Crippen LogP contribution in [0, 0.1) is 6.92 Å². The van der Waals surface area contributed by atoms with Crippen LogP contribution in [-0.2, 0) is 5.41 Å². The average Bonchev–Trinajstić information content (AvgIpc) is 3.62. The summed E-state index contributed by atoms with van der Waals surface area (Å²) in [4.78, 5) is 2.38. The monoisotopic (exact) mass is 709 g/mol. The number of nitrogens with zero attached hydrogens (tertiary/aromatic N) is 1. The molecule has 9 rings (SSSR count). The van der Waals surface area contributed by atoms with Crippen LogP contribution in [0.2, 0.25) is 0 Å². The van der Waals surface area contributed by atoms with Gasteiger partial charge in [-0.25, -0.2) is 0 Å². The quantitative estimate of drug-likeness (QED) is 0.146. The molecule has 2 nitrogen and oxygen atoms in total. The van der Waals surface area contributed by atoms with E-state index in [-0.39, 0.29) is 5.41 Å². The second kappa shape index (κ2) is 13.6. The number of allylic oxidation sites excluding steroid dienone is 1. The molecule has 0 amide bonds. The fourth-order valence-electron chi connectivity index (χ4n) is 8.60. The Balaban J connectivity index is 1.18. The van der Waals surface area contributed by atoms with Crippen molar-refractivity contribution in [2.45, 2.75) is 33.1 Å². The van der Waals surface area contributed by atoms with E-state index in [0.29, 0.717) is 0 Å². The van der Waals surface area contributed by atoms with E-state index in [0.717, 1.165) is 39.2 Å². The molecule has 0 atom stereocenters. The van der Waals surface area contributed by atoms with Crippen LogP contribution in [0.4, 0.5) is 17.1 Å². The highest BCUT2D eigenvalue weighted by atomic mass is 16.3. The van der Waals surface area contributed by atoms with E-state index < -0.39 is 0 Å². The molecular formula is C53H43NO. The van der Waals surface area contributed by atoms with E-state index in [2.05, 4.69) is 203 Å². The van der Waals surface area contributed by atoms with Gasteiger partial charge in [-0.15, -0.1) is 0 Å². The molecule has 55 heavy (non-hydrogen) atoms. The summed E-state index contributed by atoms with van der Waals surface area (Å²) in [6.45, 7) is 13.1. The van der Waals surface area contributed by atoms with Crippen molar-refractivity contribution in [2.75, 3.05) is 4.90 Å². The van der Waals surface area contributed by atoms with Crippen LogP contribution in [-0.4, -0.2) is 0 Å². The SMILES string of the molecule is C=Cc1c(/C=C\C)c2ccc(N(c3ccc(-c4ccccc4)cc3)c3ccc(C(C)(C)c4ccc5c(oc6ccccc65)c4C)cc3)cc2c2ccccc12. The number of hydrogen-bond acceptors (Lipinski definition) is 2. The molecule has 0 saturated heterocycles. The maximum Gasteiger partial charge on any atom is 0.138 e. The van der Waals surface area contributed by atoms with E-state index in [9.17, 15) is 0 Å². The van der Waals surface area contributed by atoms with Gasteiger partial charge in [0, 0.05) is 33.2 Å². The van der Waals surface area contributed by atoms with Gasteiger partial charge >= 0.3 is 0 Å². The molecule has 0 N–H and O–H groups in total. The van der Waals surface area contributed by atoms with Gasteiger partial charge in [-0.1, -0.05) is 154 Å². The average molecular weight is 710 g/mol. The van der Waals surface area contributed by atoms with Gasteiger partial charge in [0.2, 0.25) is 0 Å². The van der Waals surface area contributed by atoms with Crippen molar-refractivity contribution in [3.05, 3.63) is 198 Å². The standard InChI is InChI=1S/C53H43NO/c1-6-15-43-42(7-2)44-18-11-12-19-45(44)49-34-41(30-31-46(43)49)54(39-26-22-37(23-27-39)36-16-9-8-10-17-36)40-28-24-38(25-29-40)53(4,5)50-33-32-48-47-20-13-14-21-51(47)55-52(48)35(50)3/h6-34H,2H2,1,3-5H3/b15-6-. The molecule has 0 fully saturated rings. The first kappa shape index (κ1) is 34.1. The summed E-state index contributed by atoms with van der Waals surface area (Å²) >= 11 is 0. The van der Waals surface area contributed by atoms with E-state index in [1.54, 1.807) is 0 Å². The second-order valence-corrected chi connectivity index (χ2v) is 14.9. The minimum Gasteiger partial charge on any atom is -0.456 e. The zero-order chi connectivity index (χ0) is 37.7. The molecular weight excluding hydrogens is 667 g/mol. The molecule has 0 spiro atoms. The van der Waals surface area contributed by atoms with Gasteiger partial charge in [0.05, 0.1) is 0 Å². The molecule has 1 heterocycles. The molecule has 0 saturated carbocycles. The van der Waals surface area contributed by atoms with Crippen molar-refractivity contribution in [3.8, 4) is 11.1 Å². The summed E-state index contributed by atoms with van der Waals surface area (Å²) < 4.78 is 6.42. The first-order chi connectivity index (χ1) is 26.9. The highest BCUT2D eigenvalue weighted by Gasteiger charge is 2.27. The zero-order valence-corrected chi connectivity index (χ0v) is 31.8. The van der Waals surface area contributed by atoms with Crippen LogP contribution in [0.1, 0.15) is 48.6 Å². The van der Waals surface area contributed by atoms with Gasteiger partial charge in [0.15, 0.2) is 0 Å². The van der Waals surface area contributed by atoms with Gasteiger partial charge in [0.1, 0.15) is 11.2 Å².